The first-order valence-corrected chi connectivity index (χ1v) is 7.59. The van der Waals surface area contributed by atoms with Gasteiger partial charge < -0.3 is 9.84 Å². The summed E-state index contributed by atoms with van der Waals surface area (Å²) < 4.78 is 68.7. The van der Waals surface area contributed by atoms with Crippen LogP contribution in [0, 0.1) is 0 Å². The van der Waals surface area contributed by atoms with E-state index >= 15 is 0 Å². The van der Waals surface area contributed by atoms with Gasteiger partial charge in [-0.25, -0.2) is 13.2 Å². The number of halogens is 3. The number of nitrogens with one attached hydrogen (secondary N) is 1. The summed E-state index contributed by atoms with van der Waals surface area (Å²) in [7, 11) is -2.64. The van der Waals surface area contributed by atoms with Crippen molar-refractivity contribution in [3.05, 3.63) is 29.3 Å². The first kappa shape index (κ1) is 18.2. The fraction of sp³-hybridized carbons (Fsp3) is 0.417. The Kier molecular flexibility index (Phi) is 5.41. The number of carboxylic acid groups (broad SMARTS) is 1. The molecular formula is C12H14F3NO5S. The van der Waals surface area contributed by atoms with Gasteiger partial charge in [0.2, 0.25) is 10.0 Å². The number of aromatic carboxylic acids is 1. The molecule has 6 nitrogen and oxygen atoms in total. The van der Waals surface area contributed by atoms with Gasteiger partial charge in [0.05, 0.1) is 23.0 Å². The second-order valence-corrected chi connectivity index (χ2v) is 6.26. The quantitative estimate of drug-likeness (QED) is 0.827. The summed E-state index contributed by atoms with van der Waals surface area (Å²) in [6, 6.07) is 2.09. The molecule has 0 saturated carbocycles. The predicted octanol–water partition coefficient (Wildman–Crippen LogP) is 2.18. The smallest absolute Gasteiger partial charge is 0.417 e. The molecule has 22 heavy (non-hydrogen) atoms. The van der Waals surface area contributed by atoms with E-state index in [1.165, 1.54) is 14.0 Å². The molecule has 0 saturated heterocycles. The van der Waals surface area contributed by atoms with Gasteiger partial charge in [-0.2, -0.15) is 13.2 Å². The Labute approximate surface area is 124 Å². The molecule has 124 valence electrons. The lowest BCUT2D eigenvalue weighted by Gasteiger charge is -2.15. The van der Waals surface area contributed by atoms with Gasteiger partial charge in [-0.15, -0.1) is 0 Å². The van der Waals surface area contributed by atoms with Gasteiger partial charge in [0, 0.05) is 12.8 Å². The summed E-state index contributed by atoms with van der Waals surface area (Å²) in [6.07, 6.45) is -5.58. The minimum atomic E-state index is -4.92. The lowest BCUT2D eigenvalue weighted by Crippen LogP contribution is -2.25. The maximum absolute atomic E-state index is 12.8. The molecule has 0 aliphatic carbocycles. The molecule has 0 aromatic heterocycles. The molecule has 0 amide bonds. The first-order chi connectivity index (χ1) is 9.96. The fourth-order valence-corrected chi connectivity index (χ4v) is 2.95. The number of hydrogen-bond acceptors (Lipinski definition) is 4. The number of benzene rings is 1. The highest BCUT2D eigenvalue weighted by Crippen LogP contribution is 2.34. The van der Waals surface area contributed by atoms with Gasteiger partial charge in [0.1, 0.15) is 0 Å². The van der Waals surface area contributed by atoms with Gasteiger partial charge in [-0.1, -0.05) is 0 Å². The van der Waals surface area contributed by atoms with Crippen LogP contribution in [0.3, 0.4) is 0 Å². The fourth-order valence-electron chi connectivity index (χ4n) is 1.63. The number of carboxylic acids is 1. The van der Waals surface area contributed by atoms with Crippen molar-refractivity contribution in [3.8, 4) is 0 Å². The molecule has 0 fully saturated rings. The maximum Gasteiger partial charge on any atom is 0.417 e. The van der Waals surface area contributed by atoms with Crippen molar-refractivity contribution in [2.45, 2.75) is 19.2 Å². The molecule has 0 aliphatic heterocycles. The number of methoxy groups -OCH3 is 1. The molecule has 1 atom stereocenters. The van der Waals surface area contributed by atoms with Crippen molar-refractivity contribution in [2.24, 2.45) is 0 Å². The summed E-state index contributed by atoms with van der Waals surface area (Å²) in [5, 5.41) is 8.75. The molecule has 2 N–H and O–H groups in total. The summed E-state index contributed by atoms with van der Waals surface area (Å²) in [5.74, 6) is -2.21. The lowest BCUT2D eigenvalue weighted by atomic mass is 10.1. The average molecular weight is 341 g/mol. The van der Waals surface area contributed by atoms with Crippen LogP contribution in [0.5, 0.6) is 0 Å². The highest BCUT2D eigenvalue weighted by molar-refractivity contribution is 7.92. The zero-order chi connectivity index (χ0) is 17.1. The predicted molar refractivity (Wildman–Crippen MR) is 72.3 cm³/mol. The molecule has 1 rings (SSSR count). The van der Waals surface area contributed by atoms with Crippen molar-refractivity contribution in [2.75, 3.05) is 17.6 Å². The minimum absolute atomic E-state index is 0.374. The molecule has 1 unspecified atom stereocenters. The topological polar surface area (TPSA) is 92.7 Å². The van der Waals surface area contributed by atoms with E-state index in [9.17, 15) is 26.4 Å². The normalized spacial score (nSPS) is 13.7. The van der Waals surface area contributed by atoms with Crippen LogP contribution in [0.1, 0.15) is 22.8 Å². The minimum Gasteiger partial charge on any atom is -0.478 e. The zero-order valence-electron chi connectivity index (χ0n) is 11.6. The van der Waals surface area contributed by atoms with Crippen molar-refractivity contribution in [1.29, 1.82) is 0 Å². The van der Waals surface area contributed by atoms with Crippen LogP contribution < -0.4 is 4.72 Å². The summed E-state index contributed by atoms with van der Waals surface area (Å²) in [4.78, 5) is 10.8. The first-order valence-electron chi connectivity index (χ1n) is 5.94. The summed E-state index contributed by atoms with van der Waals surface area (Å²) in [5.41, 5.74) is -2.76. The van der Waals surface area contributed by atoms with Crippen LogP contribution in [0.2, 0.25) is 0 Å². The molecule has 0 bridgehead atoms. The molecule has 10 heteroatoms. The molecular weight excluding hydrogens is 327 g/mol. The Morgan fingerprint density at radius 3 is 2.45 bits per heavy atom. The van der Waals surface area contributed by atoms with E-state index in [2.05, 4.69) is 0 Å². The third-order valence-corrected chi connectivity index (χ3v) is 4.14. The van der Waals surface area contributed by atoms with E-state index in [0.717, 1.165) is 6.07 Å². The molecule has 1 aromatic rings. The van der Waals surface area contributed by atoms with Crippen molar-refractivity contribution in [1.82, 2.24) is 0 Å². The number of sulfonamides is 1. The van der Waals surface area contributed by atoms with E-state index in [1.807, 2.05) is 4.72 Å². The van der Waals surface area contributed by atoms with E-state index in [0.29, 0.717) is 12.1 Å². The third kappa shape index (κ3) is 4.88. The lowest BCUT2D eigenvalue weighted by molar-refractivity contribution is -0.138. The Hall–Kier alpha value is -1.81. The van der Waals surface area contributed by atoms with Crippen molar-refractivity contribution >= 4 is 21.7 Å². The van der Waals surface area contributed by atoms with E-state index in [4.69, 9.17) is 9.84 Å². The molecule has 1 aromatic carbocycles. The monoisotopic (exact) mass is 341 g/mol. The van der Waals surface area contributed by atoms with Crippen LogP contribution >= 0.6 is 0 Å². The van der Waals surface area contributed by atoms with Crippen molar-refractivity contribution < 1.29 is 36.2 Å². The highest BCUT2D eigenvalue weighted by Gasteiger charge is 2.35. The second-order valence-electron chi connectivity index (χ2n) is 4.49. The number of hydrogen-bond donors (Lipinski definition) is 2. The van der Waals surface area contributed by atoms with Gasteiger partial charge in [-0.3, -0.25) is 4.72 Å². The second kappa shape index (κ2) is 6.53. The van der Waals surface area contributed by atoms with Crippen LogP contribution in [-0.2, 0) is 20.9 Å². The number of ether oxygens (including phenoxy) is 1. The van der Waals surface area contributed by atoms with E-state index in [-0.39, 0.29) is 5.69 Å². The number of alkyl halides is 3. The zero-order valence-corrected chi connectivity index (χ0v) is 12.5. The Bertz CT molecular complexity index is 657. The largest absolute Gasteiger partial charge is 0.478 e. The molecule has 0 aliphatic rings. The van der Waals surface area contributed by atoms with Gasteiger partial charge >= 0.3 is 12.1 Å². The summed E-state index contributed by atoms with van der Waals surface area (Å²) in [6.45, 7) is 1.48. The Morgan fingerprint density at radius 1 is 1.41 bits per heavy atom. The van der Waals surface area contributed by atoms with Gasteiger partial charge in [-0.05, 0) is 25.1 Å². The number of carbonyl (C=O) groups is 1. The van der Waals surface area contributed by atoms with E-state index in [1.54, 1.807) is 0 Å². The highest BCUT2D eigenvalue weighted by atomic mass is 32.2. The molecule has 0 heterocycles. The standard InChI is InChI=1S/C12H14F3NO5S/c1-7(21-2)6-22(19,20)16-8-3-4-9(11(17)18)10(5-8)12(13,14)15/h3-5,7,16H,6H2,1-2H3,(H,17,18). The van der Waals surface area contributed by atoms with Crippen LogP contribution in [0.25, 0.3) is 0 Å². The van der Waals surface area contributed by atoms with Crippen molar-refractivity contribution in [3.63, 3.8) is 0 Å². The SMILES string of the molecule is COC(C)CS(=O)(=O)Nc1ccc(C(=O)O)c(C(F)(F)F)c1. The average Bonchev–Trinajstić information content (AvgIpc) is 2.36. The van der Waals surface area contributed by atoms with Crippen LogP contribution in [0.15, 0.2) is 18.2 Å². The van der Waals surface area contributed by atoms with E-state index < -0.39 is 45.2 Å². The van der Waals surface area contributed by atoms with Crippen LogP contribution in [0.4, 0.5) is 18.9 Å². The maximum atomic E-state index is 12.8. The Balaban J connectivity index is 3.16. The number of anilines is 1. The Morgan fingerprint density at radius 2 is 2.00 bits per heavy atom. The van der Waals surface area contributed by atoms with Crippen LogP contribution in [-0.4, -0.2) is 38.5 Å². The summed E-state index contributed by atoms with van der Waals surface area (Å²) >= 11 is 0. The molecule has 0 radical (unpaired) electrons. The number of rotatable bonds is 6. The third-order valence-electron chi connectivity index (χ3n) is 2.69. The van der Waals surface area contributed by atoms with Gasteiger partial charge in [0.25, 0.3) is 0 Å². The molecule has 0 spiro atoms. The van der Waals surface area contributed by atoms with Gasteiger partial charge in [0.15, 0.2) is 0 Å².